The van der Waals surface area contributed by atoms with Gasteiger partial charge in [-0.15, -0.1) is 11.3 Å². The van der Waals surface area contributed by atoms with Crippen LogP contribution >= 0.6 is 11.3 Å². The van der Waals surface area contributed by atoms with E-state index in [4.69, 9.17) is 0 Å². The minimum atomic E-state index is -0.189. The van der Waals surface area contributed by atoms with Crippen molar-refractivity contribution in [2.75, 3.05) is 18.9 Å². The molecule has 0 fully saturated rings. The van der Waals surface area contributed by atoms with E-state index in [9.17, 15) is 9.59 Å². The lowest BCUT2D eigenvalue weighted by Gasteiger charge is -2.18. The summed E-state index contributed by atoms with van der Waals surface area (Å²) >= 11 is 1.65. The van der Waals surface area contributed by atoms with E-state index >= 15 is 0 Å². The second-order valence-corrected chi connectivity index (χ2v) is 7.43. The highest BCUT2D eigenvalue weighted by molar-refractivity contribution is 7.10. The van der Waals surface area contributed by atoms with Crippen molar-refractivity contribution < 1.29 is 9.59 Å². The zero-order valence-electron chi connectivity index (χ0n) is 15.9. The fourth-order valence-electron chi connectivity index (χ4n) is 2.88. The lowest BCUT2D eigenvalue weighted by molar-refractivity contribution is -0.115. The molecule has 1 heterocycles. The summed E-state index contributed by atoms with van der Waals surface area (Å²) < 4.78 is 0. The molecule has 144 valence electrons. The Balaban J connectivity index is 1.67. The molecule has 5 nitrogen and oxygen atoms in total. The van der Waals surface area contributed by atoms with Gasteiger partial charge in [0.1, 0.15) is 0 Å². The molecule has 0 aliphatic carbocycles. The van der Waals surface area contributed by atoms with Gasteiger partial charge < -0.3 is 10.6 Å². The van der Waals surface area contributed by atoms with E-state index in [2.05, 4.69) is 53.2 Å². The van der Waals surface area contributed by atoms with Crippen LogP contribution in [0.5, 0.6) is 0 Å². The van der Waals surface area contributed by atoms with Gasteiger partial charge in [0.05, 0.1) is 12.6 Å². The molecule has 3 rings (SSSR count). The first-order valence-electron chi connectivity index (χ1n) is 9.02. The van der Waals surface area contributed by atoms with Gasteiger partial charge in [0.15, 0.2) is 0 Å². The second kappa shape index (κ2) is 9.30. The van der Waals surface area contributed by atoms with Gasteiger partial charge >= 0.3 is 0 Å². The minimum Gasteiger partial charge on any atom is -0.355 e. The Kier molecular flexibility index (Phi) is 6.57. The molecule has 0 aliphatic rings. The molecule has 0 radical (unpaired) electrons. The number of hydrogen-bond acceptors (Lipinski definition) is 4. The molecule has 3 aromatic rings. The molecule has 1 aromatic heterocycles. The summed E-state index contributed by atoms with van der Waals surface area (Å²) in [7, 11) is 1.58. The summed E-state index contributed by atoms with van der Waals surface area (Å²) in [5.74, 6) is -0.353. The molecule has 1 atom stereocenters. The lowest BCUT2D eigenvalue weighted by Crippen LogP contribution is -2.31. The van der Waals surface area contributed by atoms with Crippen LogP contribution in [0.15, 0.2) is 66.0 Å². The van der Waals surface area contributed by atoms with Crippen molar-refractivity contribution in [1.82, 2.24) is 10.6 Å². The van der Waals surface area contributed by atoms with Gasteiger partial charge in [-0.05, 0) is 42.1 Å². The average molecular weight is 394 g/mol. The minimum absolute atomic E-state index is 0.0523. The van der Waals surface area contributed by atoms with Gasteiger partial charge in [0.2, 0.25) is 5.91 Å². The van der Waals surface area contributed by atoms with Crippen LogP contribution < -0.4 is 16.0 Å². The number of anilines is 1. The molecule has 0 unspecified atom stereocenters. The molecule has 0 spiro atoms. The van der Waals surface area contributed by atoms with Crippen molar-refractivity contribution in [1.29, 1.82) is 0 Å². The Morgan fingerprint density at radius 2 is 1.82 bits per heavy atom. The predicted molar refractivity (Wildman–Crippen MR) is 114 cm³/mol. The summed E-state index contributed by atoms with van der Waals surface area (Å²) in [4.78, 5) is 25.3. The van der Waals surface area contributed by atoms with Crippen LogP contribution in [-0.2, 0) is 4.79 Å². The second-order valence-electron chi connectivity index (χ2n) is 6.45. The van der Waals surface area contributed by atoms with Crippen molar-refractivity contribution in [2.24, 2.45) is 0 Å². The van der Waals surface area contributed by atoms with Gasteiger partial charge in [-0.25, -0.2) is 0 Å². The van der Waals surface area contributed by atoms with E-state index in [-0.39, 0.29) is 24.4 Å². The number of amides is 2. The highest BCUT2D eigenvalue weighted by atomic mass is 32.1. The van der Waals surface area contributed by atoms with Gasteiger partial charge in [-0.1, -0.05) is 42.0 Å². The van der Waals surface area contributed by atoms with Crippen LogP contribution in [0, 0.1) is 6.92 Å². The van der Waals surface area contributed by atoms with Gasteiger partial charge in [-0.3, -0.25) is 14.9 Å². The van der Waals surface area contributed by atoms with Crippen molar-refractivity contribution in [2.45, 2.75) is 13.0 Å². The SMILES string of the molecule is CNC(=O)c1cccc(NC(=O)CN[C@@H](c2ccc(C)cc2)c2cccs2)c1. The van der Waals surface area contributed by atoms with Crippen LogP contribution in [0.2, 0.25) is 0 Å². The number of thiophene rings is 1. The van der Waals surface area contributed by atoms with Crippen LogP contribution in [-0.4, -0.2) is 25.4 Å². The van der Waals surface area contributed by atoms with Crippen molar-refractivity contribution >= 4 is 28.8 Å². The maximum atomic E-state index is 12.5. The standard InChI is InChI=1S/C22H23N3O2S/c1-15-8-10-16(11-9-15)21(19-7-4-12-28-19)24-14-20(26)25-18-6-3-5-17(13-18)22(27)23-2/h3-13,21,24H,14H2,1-2H3,(H,23,27)(H,25,26)/t21-/m0/s1. The summed E-state index contributed by atoms with van der Waals surface area (Å²) in [6.07, 6.45) is 0. The van der Waals surface area contributed by atoms with E-state index in [1.54, 1.807) is 42.6 Å². The maximum absolute atomic E-state index is 12.5. The molecular formula is C22H23N3O2S. The Morgan fingerprint density at radius 1 is 1.04 bits per heavy atom. The van der Waals surface area contributed by atoms with Crippen LogP contribution in [0.1, 0.15) is 32.4 Å². The Morgan fingerprint density at radius 3 is 2.50 bits per heavy atom. The Bertz CT molecular complexity index is 937. The highest BCUT2D eigenvalue weighted by Crippen LogP contribution is 2.26. The molecule has 0 saturated heterocycles. The third-order valence-electron chi connectivity index (χ3n) is 4.34. The average Bonchev–Trinajstić information content (AvgIpc) is 3.23. The highest BCUT2D eigenvalue weighted by Gasteiger charge is 2.16. The van der Waals surface area contributed by atoms with Crippen LogP contribution in [0.25, 0.3) is 0 Å². The number of nitrogens with one attached hydrogen (secondary N) is 3. The normalized spacial score (nSPS) is 11.6. The number of carbonyl (C=O) groups excluding carboxylic acids is 2. The van der Waals surface area contributed by atoms with Crippen molar-refractivity contribution in [3.63, 3.8) is 0 Å². The fraction of sp³-hybridized carbons (Fsp3) is 0.182. The predicted octanol–water partition coefficient (Wildman–Crippen LogP) is 3.73. The topological polar surface area (TPSA) is 70.2 Å². The summed E-state index contributed by atoms with van der Waals surface area (Å²) in [5.41, 5.74) is 3.41. The molecule has 3 N–H and O–H groups in total. The van der Waals surface area contributed by atoms with Crippen LogP contribution in [0.3, 0.4) is 0 Å². The first-order valence-corrected chi connectivity index (χ1v) is 9.90. The summed E-state index contributed by atoms with van der Waals surface area (Å²) in [6, 6.07) is 19.2. The quantitative estimate of drug-likeness (QED) is 0.573. The molecule has 0 aliphatic heterocycles. The molecular weight excluding hydrogens is 370 g/mol. The largest absolute Gasteiger partial charge is 0.355 e. The number of benzene rings is 2. The third-order valence-corrected chi connectivity index (χ3v) is 5.28. The molecule has 28 heavy (non-hydrogen) atoms. The molecule has 2 aromatic carbocycles. The Hall–Kier alpha value is -2.96. The lowest BCUT2D eigenvalue weighted by atomic mass is 10.0. The molecule has 0 saturated carbocycles. The van der Waals surface area contributed by atoms with E-state index in [0.717, 1.165) is 10.4 Å². The third kappa shape index (κ3) is 5.06. The van der Waals surface area contributed by atoms with Crippen LogP contribution in [0.4, 0.5) is 5.69 Å². The fourth-order valence-corrected chi connectivity index (χ4v) is 3.71. The molecule has 0 bridgehead atoms. The van der Waals surface area contributed by atoms with E-state index < -0.39 is 0 Å². The zero-order chi connectivity index (χ0) is 19.9. The van der Waals surface area contributed by atoms with Crippen molar-refractivity contribution in [3.05, 3.63) is 87.6 Å². The molecule has 6 heteroatoms. The van der Waals surface area contributed by atoms with E-state index in [0.29, 0.717) is 11.3 Å². The first kappa shape index (κ1) is 19.8. The maximum Gasteiger partial charge on any atom is 0.251 e. The zero-order valence-corrected chi connectivity index (χ0v) is 16.7. The van der Waals surface area contributed by atoms with E-state index in [1.807, 2.05) is 11.4 Å². The van der Waals surface area contributed by atoms with Crippen molar-refractivity contribution in [3.8, 4) is 0 Å². The number of aryl methyl sites for hydroxylation is 1. The monoisotopic (exact) mass is 393 g/mol. The van der Waals surface area contributed by atoms with Gasteiger partial charge in [0.25, 0.3) is 5.91 Å². The van der Waals surface area contributed by atoms with Gasteiger partial charge in [0, 0.05) is 23.2 Å². The number of carbonyl (C=O) groups is 2. The first-order chi connectivity index (χ1) is 13.6. The smallest absolute Gasteiger partial charge is 0.251 e. The Labute approximate surface area is 168 Å². The summed E-state index contributed by atoms with van der Waals surface area (Å²) in [6.45, 7) is 2.21. The molecule has 2 amide bonds. The number of hydrogen-bond donors (Lipinski definition) is 3. The van der Waals surface area contributed by atoms with Gasteiger partial charge in [-0.2, -0.15) is 0 Å². The summed E-state index contributed by atoms with van der Waals surface area (Å²) in [5, 5.41) is 10.8. The number of rotatable bonds is 7. The van der Waals surface area contributed by atoms with E-state index in [1.165, 1.54) is 5.56 Å².